The molecule has 0 unspecified atom stereocenters. The summed E-state index contributed by atoms with van der Waals surface area (Å²) in [5.41, 5.74) is 0. The number of nitrogens with one attached hydrogen (secondary N) is 1. The van der Waals surface area contributed by atoms with Crippen molar-refractivity contribution in [3.8, 4) is 0 Å². The molecule has 4 nitrogen and oxygen atoms in total. The lowest BCUT2D eigenvalue weighted by atomic mass is 9.91. The van der Waals surface area contributed by atoms with Crippen LogP contribution in [0.5, 0.6) is 0 Å². The van der Waals surface area contributed by atoms with E-state index < -0.39 is 57.0 Å². The number of rotatable bonds is 8. The van der Waals surface area contributed by atoms with Crippen LogP contribution in [0.25, 0.3) is 0 Å². The molecule has 0 radical (unpaired) electrons. The van der Waals surface area contributed by atoms with E-state index in [9.17, 15) is 83.1 Å². The van der Waals surface area contributed by atoms with Crippen LogP contribution in [-0.4, -0.2) is 74.1 Å². The highest BCUT2D eigenvalue weighted by Gasteiger charge is 2.96. The molecule has 0 saturated carbocycles. The Kier molecular flexibility index (Phi) is 9.27. The van der Waals surface area contributed by atoms with Gasteiger partial charge in [0.25, 0.3) is 10.0 Å². The Bertz CT molecular complexity index is 774. The van der Waals surface area contributed by atoms with Gasteiger partial charge in [0.15, 0.2) is 0 Å². The standard InChI is InChI=1S/C9H4F17NO2S.C2H6O/c1-27-30(28,29)9(25,26)7(20,21)5(16,17)3(12,13)2(10,11)4(14,15)6(18,19)8(22,23)24;1-2-3/h27H,1H3;3H,2H2,1H3. The fraction of sp³-hybridized carbons (Fsp3) is 1.00. The molecule has 2 N–H and O–H groups in total. The SMILES string of the molecule is CCO.CNS(=O)(=O)C(F)(F)C(F)(F)C(F)(F)C(F)(F)C(F)(F)C(F)(F)C(F)(F)C(F)(F)F. The number of halogens is 17. The lowest BCUT2D eigenvalue weighted by Crippen LogP contribution is -2.75. The third kappa shape index (κ3) is 4.65. The van der Waals surface area contributed by atoms with Gasteiger partial charge in [-0.2, -0.15) is 74.6 Å². The van der Waals surface area contributed by atoms with E-state index in [2.05, 4.69) is 0 Å². The van der Waals surface area contributed by atoms with Gasteiger partial charge in [0.05, 0.1) is 0 Å². The first-order valence-electron chi connectivity index (χ1n) is 7.23. The zero-order valence-corrected chi connectivity index (χ0v) is 16.1. The van der Waals surface area contributed by atoms with Gasteiger partial charge in [-0.05, 0) is 14.0 Å². The summed E-state index contributed by atoms with van der Waals surface area (Å²) in [4.78, 5) is 0. The van der Waals surface area contributed by atoms with Crippen molar-refractivity contribution >= 4 is 10.0 Å². The molecule has 0 spiro atoms. The second kappa shape index (κ2) is 9.04. The molecule has 0 aromatic rings. The van der Waals surface area contributed by atoms with Gasteiger partial charge in [-0.25, -0.2) is 13.1 Å². The van der Waals surface area contributed by atoms with Crippen LogP contribution >= 0.6 is 0 Å². The Morgan fingerprint density at radius 3 is 1.00 bits per heavy atom. The van der Waals surface area contributed by atoms with E-state index in [1.54, 1.807) is 6.92 Å². The molecule has 0 aliphatic rings. The maximum Gasteiger partial charge on any atom is 0.460 e. The first-order valence-corrected chi connectivity index (χ1v) is 8.71. The largest absolute Gasteiger partial charge is 0.460 e. The van der Waals surface area contributed by atoms with Gasteiger partial charge in [0.1, 0.15) is 0 Å². The molecule has 0 aromatic heterocycles. The van der Waals surface area contributed by atoms with Gasteiger partial charge in [0, 0.05) is 6.61 Å². The van der Waals surface area contributed by atoms with E-state index in [-0.39, 0.29) is 18.4 Å². The minimum absolute atomic E-state index is 0.184. The number of sulfonamides is 1. The number of aliphatic hydroxyl groups excluding tert-OH is 1. The molecule has 0 rings (SSSR count). The van der Waals surface area contributed by atoms with E-state index in [4.69, 9.17) is 5.11 Å². The molecule has 0 aliphatic carbocycles. The van der Waals surface area contributed by atoms with Crippen LogP contribution in [-0.2, 0) is 10.0 Å². The summed E-state index contributed by atoms with van der Waals surface area (Å²) in [5, 5.41) is 0.0690. The van der Waals surface area contributed by atoms with Crippen molar-refractivity contribution in [3.05, 3.63) is 0 Å². The quantitative estimate of drug-likeness (QED) is 0.431. The third-order valence-electron chi connectivity index (χ3n) is 3.30. The summed E-state index contributed by atoms with van der Waals surface area (Å²) in [6.07, 6.45) is -7.85. The molecule has 0 aromatic carbocycles. The lowest BCUT2D eigenvalue weighted by molar-refractivity contribution is -0.458. The van der Waals surface area contributed by atoms with E-state index in [1.807, 2.05) is 0 Å². The topological polar surface area (TPSA) is 66.4 Å². The molecule has 202 valence electrons. The van der Waals surface area contributed by atoms with Crippen molar-refractivity contribution in [1.82, 2.24) is 4.72 Å². The average molecular weight is 559 g/mol. The van der Waals surface area contributed by atoms with Gasteiger partial charge in [-0.1, -0.05) is 0 Å². The Morgan fingerprint density at radius 2 is 0.788 bits per heavy atom. The molecule has 0 amide bonds. The predicted molar refractivity (Wildman–Crippen MR) is 71.4 cm³/mol. The summed E-state index contributed by atoms with van der Waals surface area (Å²) >= 11 is 0. The van der Waals surface area contributed by atoms with Crippen LogP contribution in [0, 0.1) is 0 Å². The summed E-state index contributed by atoms with van der Waals surface area (Å²) in [7, 11) is -7.36. The number of aliphatic hydroxyl groups is 1. The monoisotopic (exact) mass is 559 g/mol. The number of hydrogen-bond acceptors (Lipinski definition) is 3. The molecule has 0 aliphatic heterocycles. The molecular formula is C11H10F17NO3S. The van der Waals surface area contributed by atoms with E-state index in [1.165, 1.54) is 0 Å². The van der Waals surface area contributed by atoms with Gasteiger partial charge < -0.3 is 5.11 Å². The Hall–Kier alpha value is -1.32. The highest BCUT2D eigenvalue weighted by Crippen LogP contribution is 2.64. The molecule has 0 atom stereocenters. The molecule has 22 heteroatoms. The van der Waals surface area contributed by atoms with Crippen LogP contribution in [0.4, 0.5) is 74.6 Å². The van der Waals surface area contributed by atoms with E-state index >= 15 is 0 Å². The summed E-state index contributed by atoms with van der Waals surface area (Å²) < 4.78 is 240. The summed E-state index contributed by atoms with van der Waals surface area (Å²) in [5.74, 6) is -51.4. The predicted octanol–water partition coefficient (Wildman–Crippen LogP) is 4.50. The van der Waals surface area contributed by atoms with Crippen LogP contribution in [0.15, 0.2) is 0 Å². The normalized spacial score (nSPS) is 15.8. The zero-order valence-electron chi connectivity index (χ0n) is 15.3. The summed E-state index contributed by atoms with van der Waals surface area (Å²) in [6.45, 7) is 1.93. The second-order valence-electron chi connectivity index (χ2n) is 5.48. The van der Waals surface area contributed by atoms with Crippen LogP contribution < -0.4 is 4.72 Å². The van der Waals surface area contributed by atoms with Crippen molar-refractivity contribution in [1.29, 1.82) is 0 Å². The van der Waals surface area contributed by atoms with Crippen molar-refractivity contribution in [2.45, 2.75) is 53.9 Å². The average Bonchev–Trinajstić information content (AvgIpc) is 2.60. The first kappa shape index (κ1) is 33.9. The second-order valence-corrected chi connectivity index (χ2v) is 7.41. The van der Waals surface area contributed by atoms with E-state index in [0.29, 0.717) is 0 Å². The highest BCUT2D eigenvalue weighted by atomic mass is 32.2. The fourth-order valence-electron chi connectivity index (χ4n) is 1.45. The van der Waals surface area contributed by atoms with Crippen LogP contribution in [0.3, 0.4) is 0 Å². The first-order chi connectivity index (χ1) is 14.0. The highest BCUT2D eigenvalue weighted by molar-refractivity contribution is 7.90. The van der Waals surface area contributed by atoms with Gasteiger partial charge >= 0.3 is 47.0 Å². The van der Waals surface area contributed by atoms with Crippen molar-refractivity contribution in [2.75, 3.05) is 13.7 Å². The van der Waals surface area contributed by atoms with Crippen molar-refractivity contribution in [2.24, 2.45) is 0 Å². The summed E-state index contributed by atoms with van der Waals surface area (Å²) in [6, 6.07) is 0. The minimum atomic E-state index is -8.81. The maximum absolute atomic E-state index is 13.2. The van der Waals surface area contributed by atoms with Crippen LogP contribution in [0.1, 0.15) is 6.92 Å². The van der Waals surface area contributed by atoms with Crippen molar-refractivity contribution < 1.29 is 88.2 Å². The van der Waals surface area contributed by atoms with Gasteiger partial charge in [0.2, 0.25) is 0 Å². The molecular weight excluding hydrogens is 549 g/mol. The van der Waals surface area contributed by atoms with Crippen molar-refractivity contribution in [3.63, 3.8) is 0 Å². The van der Waals surface area contributed by atoms with Gasteiger partial charge in [-0.3, -0.25) is 0 Å². The Morgan fingerprint density at radius 1 is 0.576 bits per heavy atom. The Labute approximate surface area is 171 Å². The third-order valence-corrected chi connectivity index (χ3v) is 4.77. The smallest absolute Gasteiger partial charge is 0.397 e. The van der Waals surface area contributed by atoms with Crippen LogP contribution in [0.2, 0.25) is 0 Å². The fourth-order valence-corrected chi connectivity index (χ4v) is 2.17. The van der Waals surface area contributed by atoms with E-state index in [0.717, 1.165) is 0 Å². The minimum Gasteiger partial charge on any atom is -0.397 e. The zero-order chi connectivity index (χ0) is 27.9. The molecule has 0 saturated heterocycles. The molecule has 33 heavy (non-hydrogen) atoms. The Balaban J connectivity index is 0. The molecule has 0 fully saturated rings. The maximum atomic E-state index is 13.2. The lowest BCUT2D eigenvalue weighted by Gasteiger charge is -2.42. The number of hydrogen-bond donors (Lipinski definition) is 2. The molecule has 0 bridgehead atoms. The molecule has 0 heterocycles. The number of alkyl halides is 17. The van der Waals surface area contributed by atoms with Gasteiger partial charge in [-0.15, -0.1) is 0 Å².